The lowest BCUT2D eigenvalue weighted by molar-refractivity contribution is 0.0696. The number of ether oxygens (including phenoxy) is 1. The molecule has 0 fully saturated rings. The first-order valence-corrected chi connectivity index (χ1v) is 10.5. The fraction of sp³-hybridized carbons (Fsp3) is 0.158. The summed E-state index contributed by atoms with van der Waals surface area (Å²) in [6.45, 7) is 1.64. The Morgan fingerprint density at radius 1 is 1.17 bits per heavy atom. The van der Waals surface area contributed by atoms with Gasteiger partial charge in [-0.25, -0.2) is 17.9 Å². The van der Waals surface area contributed by atoms with Gasteiger partial charge in [0, 0.05) is 18.0 Å². The molecule has 11 heteroatoms. The van der Waals surface area contributed by atoms with Crippen molar-refractivity contribution in [1.82, 2.24) is 15.0 Å². The van der Waals surface area contributed by atoms with Gasteiger partial charge in [-0.1, -0.05) is 11.3 Å². The van der Waals surface area contributed by atoms with Gasteiger partial charge in [0.25, 0.3) is 5.91 Å². The molecule has 10 nitrogen and oxygen atoms in total. The molecule has 0 aliphatic heterocycles. The summed E-state index contributed by atoms with van der Waals surface area (Å²) in [5.41, 5.74) is 0.796. The molecule has 156 valence electrons. The van der Waals surface area contributed by atoms with Crippen LogP contribution in [0.2, 0.25) is 0 Å². The predicted octanol–water partition coefficient (Wildman–Crippen LogP) is 1.94. The molecule has 2 N–H and O–H groups in total. The second-order valence-corrected chi connectivity index (χ2v) is 8.43. The number of anilines is 1. The minimum absolute atomic E-state index is 0.000506. The van der Waals surface area contributed by atoms with E-state index in [2.05, 4.69) is 15.6 Å². The third-order valence-corrected chi connectivity index (χ3v) is 5.34. The lowest BCUT2D eigenvalue weighted by atomic mass is 10.2. The number of nitrogens with zero attached hydrogens (tertiary/aromatic N) is 3. The highest BCUT2D eigenvalue weighted by Crippen LogP contribution is 2.21. The van der Waals surface area contributed by atoms with E-state index in [0.717, 1.165) is 18.4 Å². The van der Waals surface area contributed by atoms with Crippen LogP contribution >= 0.6 is 0 Å². The van der Waals surface area contributed by atoms with E-state index in [1.807, 2.05) is 0 Å². The smallest absolute Gasteiger partial charge is 0.335 e. The molecule has 3 rings (SSSR count). The van der Waals surface area contributed by atoms with Crippen LogP contribution < -0.4 is 10.1 Å². The van der Waals surface area contributed by atoms with Crippen LogP contribution in [0.1, 0.15) is 26.5 Å². The number of carboxylic acid groups (broad SMARTS) is 1. The van der Waals surface area contributed by atoms with Crippen molar-refractivity contribution in [1.29, 1.82) is 0 Å². The Morgan fingerprint density at radius 3 is 2.53 bits per heavy atom. The molecule has 3 aromatic rings. The largest absolute Gasteiger partial charge is 0.497 e. The molecule has 0 bridgehead atoms. The van der Waals surface area contributed by atoms with Gasteiger partial charge in [-0.05, 0) is 37.3 Å². The van der Waals surface area contributed by atoms with E-state index in [1.165, 1.54) is 17.9 Å². The third kappa shape index (κ3) is 4.30. The van der Waals surface area contributed by atoms with Gasteiger partial charge in [-0.3, -0.25) is 4.79 Å². The standard InChI is InChI=1S/C19H18N4O6S/c1-11-17(21-22-23(11)14-5-4-6-15(10-14)29-2)18(24)20-13-7-12(19(25)26)8-16(9-13)30(3,27)28/h4-10H,1-3H3,(H,20,24)(H,25,26). The molecule has 1 aromatic heterocycles. The Balaban J connectivity index is 1.95. The maximum Gasteiger partial charge on any atom is 0.335 e. The van der Waals surface area contributed by atoms with Gasteiger partial charge in [0.15, 0.2) is 15.5 Å². The van der Waals surface area contributed by atoms with Crippen LogP contribution in [0.5, 0.6) is 5.75 Å². The highest BCUT2D eigenvalue weighted by molar-refractivity contribution is 7.90. The molecule has 1 heterocycles. The summed E-state index contributed by atoms with van der Waals surface area (Å²) in [5.74, 6) is -1.38. The second kappa shape index (κ2) is 7.95. The van der Waals surface area contributed by atoms with Gasteiger partial charge < -0.3 is 15.2 Å². The summed E-state index contributed by atoms with van der Waals surface area (Å²) < 4.78 is 30.3. The fourth-order valence-corrected chi connectivity index (χ4v) is 3.41. The highest BCUT2D eigenvalue weighted by atomic mass is 32.2. The molecule has 0 radical (unpaired) electrons. The zero-order valence-corrected chi connectivity index (χ0v) is 17.1. The SMILES string of the molecule is COc1cccc(-n2nnc(C(=O)Nc3cc(C(=O)O)cc(S(C)(=O)=O)c3)c2C)c1. The fourth-order valence-electron chi connectivity index (χ4n) is 2.73. The van der Waals surface area contributed by atoms with E-state index in [-0.39, 0.29) is 21.8 Å². The van der Waals surface area contributed by atoms with Crippen molar-refractivity contribution in [3.8, 4) is 11.4 Å². The van der Waals surface area contributed by atoms with Crippen molar-refractivity contribution in [2.45, 2.75) is 11.8 Å². The first kappa shape index (κ1) is 21.0. The molecule has 0 saturated heterocycles. The lowest BCUT2D eigenvalue weighted by Gasteiger charge is -2.09. The minimum Gasteiger partial charge on any atom is -0.497 e. The number of nitrogens with one attached hydrogen (secondary N) is 1. The molecule has 0 aliphatic rings. The van der Waals surface area contributed by atoms with Crippen LogP contribution in [0.15, 0.2) is 47.4 Å². The number of carbonyl (C=O) groups excluding carboxylic acids is 1. The van der Waals surface area contributed by atoms with Gasteiger partial charge in [-0.15, -0.1) is 5.10 Å². The molecule has 0 unspecified atom stereocenters. The van der Waals surface area contributed by atoms with E-state index in [9.17, 15) is 23.1 Å². The van der Waals surface area contributed by atoms with Crippen LogP contribution in [-0.4, -0.2) is 53.8 Å². The number of methoxy groups -OCH3 is 1. The Labute approximate surface area is 172 Å². The summed E-state index contributed by atoms with van der Waals surface area (Å²) in [6, 6.07) is 10.4. The predicted molar refractivity (Wildman–Crippen MR) is 107 cm³/mol. The summed E-state index contributed by atoms with van der Waals surface area (Å²) in [7, 11) is -2.16. The number of sulfone groups is 1. The van der Waals surface area contributed by atoms with Crippen LogP contribution in [0, 0.1) is 6.92 Å². The van der Waals surface area contributed by atoms with Crippen LogP contribution in [0.3, 0.4) is 0 Å². The Hall–Kier alpha value is -3.73. The molecule has 0 saturated carbocycles. The van der Waals surface area contributed by atoms with E-state index in [1.54, 1.807) is 31.2 Å². The Bertz CT molecular complexity index is 1250. The number of rotatable bonds is 6. The van der Waals surface area contributed by atoms with Crippen molar-refractivity contribution in [2.75, 3.05) is 18.7 Å². The van der Waals surface area contributed by atoms with E-state index in [0.29, 0.717) is 17.1 Å². The number of benzene rings is 2. The van der Waals surface area contributed by atoms with Gasteiger partial charge in [0.1, 0.15) is 5.75 Å². The maximum atomic E-state index is 12.7. The number of hydrogen-bond donors (Lipinski definition) is 2. The van der Waals surface area contributed by atoms with Crippen molar-refractivity contribution in [3.05, 3.63) is 59.4 Å². The third-order valence-electron chi connectivity index (χ3n) is 4.25. The molecule has 0 spiro atoms. The molecular formula is C19H18N4O6S. The summed E-state index contributed by atoms with van der Waals surface area (Å²) in [4.78, 5) is 23.8. The monoisotopic (exact) mass is 430 g/mol. The van der Waals surface area contributed by atoms with Crippen LogP contribution in [0.4, 0.5) is 5.69 Å². The molecule has 1 amide bonds. The van der Waals surface area contributed by atoms with Crippen LogP contribution in [-0.2, 0) is 9.84 Å². The number of amides is 1. The summed E-state index contributed by atoms with van der Waals surface area (Å²) in [6.07, 6.45) is 0.948. The molecule has 2 aromatic carbocycles. The highest BCUT2D eigenvalue weighted by Gasteiger charge is 2.20. The Morgan fingerprint density at radius 2 is 1.90 bits per heavy atom. The second-order valence-electron chi connectivity index (χ2n) is 6.41. The van der Waals surface area contributed by atoms with E-state index in [4.69, 9.17) is 4.74 Å². The summed E-state index contributed by atoms with van der Waals surface area (Å²) >= 11 is 0. The number of carboxylic acids is 1. The van der Waals surface area contributed by atoms with E-state index >= 15 is 0 Å². The molecular weight excluding hydrogens is 412 g/mol. The first-order valence-electron chi connectivity index (χ1n) is 8.56. The molecule has 30 heavy (non-hydrogen) atoms. The zero-order chi connectivity index (χ0) is 22.1. The molecule has 0 atom stereocenters. The Kier molecular flexibility index (Phi) is 5.56. The average molecular weight is 430 g/mol. The average Bonchev–Trinajstić information content (AvgIpc) is 3.08. The van der Waals surface area contributed by atoms with Crippen LogP contribution in [0.25, 0.3) is 5.69 Å². The number of aromatic nitrogens is 3. The van der Waals surface area contributed by atoms with Crippen molar-refractivity contribution < 1.29 is 27.9 Å². The number of carbonyl (C=O) groups is 2. The quantitative estimate of drug-likeness (QED) is 0.604. The lowest BCUT2D eigenvalue weighted by Crippen LogP contribution is -2.15. The minimum atomic E-state index is -3.69. The van der Waals surface area contributed by atoms with Gasteiger partial charge in [0.05, 0.1) is 29.0 Å². The van der Waals surface area contributed by atoms with Crippen molar-refractivity contribution in [2.24, 2.45) is 0 Å². The number of hydrogen-bond acceptors (Lipinski definition) is 7. The van der Waals surface area contributed by atoms with Gasteiger partial charge in [0.2, 0.25) is 0 Å². The first-order chi connectivity index (χ1) is 14.1. The number of aromatic carboxylic acids is 1. The van der Waals surface area contributed by atoms with E-state index < -0.39 is 21.7 Å². The normalized spacial score (nSPS) is 11.2. The van der Waals surface area contributed by atoms with Gasteiger partial charge >= 0.3 is 5.97 Å². The zero-order valence-electron chi connectivity index (χ0n) is 16.3. The maximum absolute atomic E-state index is 12.7. The van der Waals surface area contributed by atoms with Crippen molar-refractivity contribution >= 4 is 27.4 Å². The molecule has 0 aliphatic carbocycles. The summed E-state index contributed by atoms with van der Waals surface area (Å²) in [5, 5.41) is 19.6. The topological polar surface area (TPSA) is 140 Å². The van der Waals surface area contributed by atoms with Crippen molar-refractivity contribution in [3.63, 3.8) is 0 Å². The van der Waals surface area contributed by atoms with Gasteiger partial charge in [-0.2, -0.15) is 0 Å².